The lowest BCUT2D eigenvalue weighted by molar-refractivity contribution is 1.05. The lowest BCUT2D eigenvalue weighted by atomic mass is 10.1. The number of benzene rings is 2. The van der Waals surface area contributed by atoms with Crippen molar-refractivity contribution in [2.45, 2.75) is 13.5 Å². The number of nitrogens with zero attached hydrogens (tertiary/aromatic N) is 2. The molecule has 1 heterocycles. The molecule has 2 aromatic carbocycles. The lowest BCUT2D eigenvalue weighted by Gasteiger charge is -2.09. The van der Waals surface area contributed by atoms with Crippen LogP contribution in [-0.4, -0.2) is 9.97 Å². The van der Waals surface area contributed by atoms with E-state index in [-0.39, 0.29) is 0 Å². The molecule has 0 bridgehead atoms. The van der Waals surface area contributed by atoms with Gasteiger partial charge in [-0.3, -0.25) is 0 Å². The highest BCUT2D eigenvalue weighted by atomic mass is 79.9. The van der Waals surface area contributed by atoms with Gasteiger partial charge in [-0.1, -0.05) is 51.8 Å². The van der Waals surface area contributed by atoms with Gasteiger partial charge in [-0.25, -0.2) is 4.98 Å². The molecular formula is C18H17BrN4. The monoisotopic (exact) mass is 368 g/mol. The third-order valence-electron chi connectivity index (χ3n) is 3.32. The number of rotatable bonds is 5. The molecule has 0 amide bonds. The number of aryl methyl sites for hydroxylation is 1. The van der Waals surface area contributed by atoms with Crippen molar-refractivity contribution in [3.63, 3.8) is 0 Å². The van der Waals surface area contributed by atoms with Crippen molar-refractivity contribution < 1.29 is 0 Å². The van der Waals surface area contributed by atoms with Crippen molar-refractivity contribution in [2.24, 2.45) is 0 Å². The SMILES string of the molecule is Cc1ccc(CNc2nccc(Nc3cccc(Br)c3)n2)cc1. The fourth-order valence-electron chi connectivity index (χ4n) is 2.11. The number of nitrogens with one attached hydrogen (secondary N) is 2. The summed E-state index contributed by atoms with van der Waals surface area (Å²) in [4.78, 5) is 8.74. The van der Waals surface area contributed by atoms with Crippen LogP contribution in [0.4, 0.5) is 17.5 Å². The first kappa shape index (κ1) is 15.5. The summed E-state index contributed by atoms with van der Waals surface area (Å²) in [6.45, 7) is 2.78. The average molecular weight is 369 g/mol. The molecule has 0 aliphatic rings. The fourth-order valence-corrected chi connectivity index (χ4v) is 2.51. The second kappa shape index (κ2) is 7.24. The van der Waals surface area contributed by atoms with E-state index in [1.807, 2.05) is 30.3 Å². The fraction of sp³-hybridized carbons (Fsp3) is 0.111. The summed E-state index contributed by atoms with van der Waals surface area (Å²) in [7, 11) is 0. The van der Waals surface area contributed by atoms with E-state index >= 15 is 0 Å². The van der Waals surface area contributed by atoms with Gasteiger partial charge in [0.15, 0.2) is 0 Å². The van der Waals surface area contributed by atoms with Crippen molar-refractivity contribution in [1.29, 1.82) is 0 Å². The highest BCUT2D eigenvalue weighted by Crippen LogP contribution is 2.19. The van der Waals surface area contributed by atoms with Crippen molar-refractivity contribution in [1.82, 2.24) is 9.97 Å². The summed E-state index contributed by atoms with van der Waals surface area (Å²) in [5.41, 5.74) is 3.43. The second-order valence-electron chi connectivity index (χ2n) is 5.24. The highest BCUT2D eigenvalue weighted by molar-refractivity contribution is 9.10. The average Bonchev–Trinajstić information content (AvgIpc) is 2.55. The van der Waals surface area contributed by atoms with Crippen LogP contribution < -0.4 is 10.6 Å². The zero-order valence-electron chi connectivity index (χ0n) is 12.8. The van der Waals surface area contributed by atoms with Crippen LogP contribution in [0, 0.1) is 6.92 Å². The van der Waals surface area contributed by atoms with Gasteiger partial charge < -0.3 is 10.6 Å². The maximum absolute atomic E-state index is 4.48. The van der Waals surface area contributed by atoms with Crippen molar-refractivity contribution in [3.05, 3.63) is 76.4 Å². The van der Waals surface area contributed by atoms with Crippen LogP contribution in [0.15, 0.2) is 65.3 Å². The molecule has 0 fully saturated rings. The van der Waals surface area contributed by atoms with Gasteiger partial charge in [-0.2, -0.15) is 4.98 Å². The molecule has 0 aliphatic carbocycles. The molecule has 3 aromatic rings. The maximum Gasteiger partial charge on any atom is 0.224 e. The largest absolute Gasteiger partial charge is 0.350 e. The van der Waals surface area contributed by atoms with E-state index in [2.05, 4.69) is 67.7 Å². The van der Waals surface area contributed by atoms with E-state index in [9.17, 15) is 0 Å². The summed E-state index contributed by atoms with van der Waals surface area (Å²) in [6.07, 6.45) is 1.74. The summed E-state index contributed by atoms with van der Waals surface area (Å²) in [5.74, 6) is 1.36. The Morgan fingerprint density at radius 1 is 1.04 bits per heavy atom. The van der Waals surface area contributed by atoms with Gasteiger partial charge in [0.2, 0.25) is 5.95 Å². The minimum absolute atomic E-state index is 0.602. The molecule has 0 atom stereocenters. The molecule has 3 rings (SSSR count). The number of halogens is 1. The van der Waals surface area contributed by atoms with E-state index in [0.717, 1.165) is 16.0 Å². The Morgan fingerprint density at radius 2 is 1.87 bits per heavy atom. The molecule has 5 heteroatoms. The molecule has 1 aromatic heterocycles. The van der Waals surface area contributed by atoms with Crippen LogP contribution in [0.1, 0.15) is 11.1 Å². The van der Waals surface area contributed by atoms with Crippen LogP contribution in [0.3, 0.4) is 0 Å². The minimum atomic E-state index is 0.602. The van der Waals surface area contributed by atoms with Crippen molar-refractivity contribution in [2.75, 3.05) is 10.6 Å². The van der Waals surface area contributed by atoms with E-state index in [1.165, 1.54) is 11.1 Å². The van der Waals surface area contributed by atoms with Crippen LogP contribution in [-0.2, 0) is 6.54 Å². The molecule has 23 heavy (non-hydrogen) atoms. The Labute approximate surface area is 144 Å². The van der Waals surface area contributed by atoms with Crippen molar-refractivity contribution >= 4 is 33.4 Å². The third kappa shape index (κ3) is 4.53. The highest BCUT2D eigenvalue weighted by Gasteiger charge is 2.01. The summed E-state index contributed by atoms with van der Waals surface area (Å²) in [6, 6.07) is 18.2. The summed E-state index contributed by atoms with van der Waals surface area (Å²) in [5, 5.41) is 6.52. The molecule has 0 unspecified atom stereocenters. The summed E-state index contributed by atoms with van der Waals surface area (Å²) < 4.78 is 1.02. The Kier molecular flexibility index (Phi) is 4.88. The standard InChI is InChI=1S/C18H17BrN4/c1-13-5-7-14(8-6-13)12-21-18-20-10-9-17(23-18)22-16-4-2-3-15(19)11-16/h2-11H,12H2,1H3,(H2,20,21,22,23). The predicted octanol–water partition coefficient (Wildman–Crippen LogP) is 4.90. The molecule has 0 radical (unpaired) electrons. The molecule has 0 aliphatic heterocycles. The lowest BCUT2D eigenvalue weighted by Crippen LogP contribution is -2.05. The first-order valence-corrected chi connectivity index (χ1v) is 8.13. The van der Waals surface area contributed by atoms with Gasteiger partial charge in [0.1, 0.15) is 5.82 Å². The zero-order chi connectivity index (χ0) is 16.1. The number of hydrogen-bond acceptors (Lipinski definition) is 4. The Bertz CT molecular complexity index is 787. The van der Waals surface area contributed by atoms with Gasteiger partial charge in [-0.15, -0.1) is 0 Å². The molecule has 0 saturated carbocycles. The number of hydrogen-bond donors (Lipinski definition) is 2. The molecule has 4 nitrogen and oxygen atoms in total. The Morgan fingerprint density at radius 3 is 2.65 bits per heavy atom. The van der Waals surface area contributed by atoms with Gasteiger partial charge >= 0.3 is 0 Å². The van der Waals surface area contributed by atoms with E-state index in [0.29, 0.717) is 12.5 Å². The van der Waals surface area contributed by atoms with Gasteiger partial charge in [0.05, 0.1) is 0 Å². The Hall–Kier alpha value is -2.40. The second-order valence-corrected chi connectivity index (χ2v) is 6.16. The van der Waals surface area contributed by atoms with Crippen LogP contribution in [0.25, 0.3) is 0 Å². The first-order valence-electron chi connectivity index (χ1n) is 7.34. The molecular weight excluding hydrogens is 352 g/mol. The van der Waals surface area contributed by atoms with E-state index in [4.69, 9.17) is 0 Å². The maximum atomic E-state index is 4.48. The topological polar surface area (TPSA) is 49.8 Å². The van der Waals surface area contributed by atoms with E-state index in [1.54, 1.807) is 6.20 Å². The van der Waals surface area contributed by atoms with Crippen LogP contribution in [0.5, 0.6) is 0 Å². The van der Waals surface area contributed by atoms with Crippen molar-refractivity contribution in [3.8, 4) is 0 Å². The van der Waals surface area contributed by atoms with Gasteiger partial charge in [0, 0.05) is 22.9 Å². The first-order chi connectivity index (χ1) is 11.2. The third-order valence-corrected chi connectivity index (χ3v) is 3.82. The Balaban J connectivity index is 1.66. The predicted molar refractivity (Wildman–Crippen MR) is 98.0 cm³/mol. The molecule has 0 spiro atoms. The number of anilines is 3. The van der Waals surface area contributed by atoms with E-state index < -0.39 is 0 Å². The van der Waals surface area contributed by atoms with Gasteiger partial charge in [0.25, 0.3) is 0 Å². The number of aromatic nitrogens is 2. The van der Waals surface area contributed by atoms with Crippen LogP contribution >= 0.6 is 15.9 Å². The molecule has 116 valence electrons. The minimum Gasteiger partial charge on any atom is -0.350 e. The molecule has 2 N–H and O–H groups in total. The molecule has 0 saturated heterocycles. The quantitative estimate of drug-likeness (QED) is 0.672. The zero-order valence-corrected chi connectivity index (χ0v) is 14.3. The van der Waals surface area contributed by atoms with Gasteiger partial charge in [-0.05, 0) is 36.8 Å². The normalized spacial score (nSPS) is 10.3. The smallest absolute Gasteiger partial charge is 0.224 e. The van der Waals surface area contributed by atoms with Crippen LogP contribution in [0.2, 0.25) is 0 Å². The summed E-state index contributed by atoms with van der Waals surface area (Å²) >= 11 is 3.46.